The van der Waals surface area contributed by atoms with Crippen LogP contribution in [0.1, 0.15) is 0 Å². The van der Waals surface area contributed by atoms with Gasteiger partial charge in [-0.15, -0.1) is 0 Å². The summed E-state index contributed by atoms with van der Waals surface area (Å²) in [4.78, 5) is 9.00. The number of nitrogens with zero attached hydrogens (tertiary/aromatic N) is 2. The molecule has 0 aliphatic carbocycles. The van der Waals surface area contributed by atoms with Crippen LogP contribution in [0.5, 0.6) is 0 Å². The van der Waals surface area contributed by atoms with Crippen LogP contribution in [-0.4, -0.2) is 44.8 Å². The molecule has 0 fully saturated rings. The Morgan fingerprint density at radius 3 is 3.10 bits per heavy atom. The molecule has 1 heterocycles. The molecule has 0 bridgehead atoms. The largest absolute Gasteiger partial charge is 0.382 e. The summed E-state index contributed by atoms with van der Waals surface area (Å²) in [7, 11) is 1.64. The van der Waals surface area contributed by atoms with Gasteiger partial charge in [-0.2, -0.15) is 0 Å². The van der Waals surface area contributed by atoms with Gasteiger partial charge in [0.1, 0.15) is 0 Å². The Morgan fingerprint density at radius 2 is 2.50 bits per heavy atom. The maximum Gasteiger partial charge on any atom is 0.193 e. The Balaban J connectivity index is 1.97. The van der Waals surface area contributed by atoms with Crippen molar-refractivity contribution < 1.29 is 9.57 Å². The molecule has 1 rings (SSSR count). The van der Waals surface area contributed by atoms with E-state index in [0.29, 0.717) is 13.2 Å². The van der Waals surface area contributed by atoms with Crippen LogP contribution < -0.4 is 0 Å². The number of aliphatic imine (C=N–C) groups is 1. The average molecular weight is 143 g/mol. The van der Waals surface area contributed by atoms with Crippen LogP contribution in [0.3, 0.4) is 0 Å². The van der Waals surface area contributed by atoms with Crippen molar-refractivity contribution in [2.45, 2.75) is 0 Å². The van der Waals surface area contributed by atoms with Gasteiger partial charge in [0.15, 0.2) is 6.34 Å². The van der Waals surface area contributed by atoms with Gasteiger partial charge in [0, 0.05) is 7.11 Å². The second-order valence-electron chi connectivity index (χ2n) is 1.91. The second kappa shape index (κ2) is 4.24. The lowest BCUT2D eigenvalue weighted by atomic mass is 10.7. The third kappa shape index (κ3) is 2.33. The van der Waals surface area contributed by atoms with Crippen LogP contribution >= 0.6 is 0 Å². The Bertz CT molecular complexity index is 116. The normalized spacial score (nSPS) is 16.7. The number of rotatable bonds is 4. The molecule has 0 aromatic heterocycles. The van der Waals surface area contributed by atoms with Gasteiger partial charge in [-0.3, -0.25) is 9.83 Å². The molecule has 0 saturated heterocycles. The number of ether oxygens (including phenoxy) is 1. The number of hydrogen-bond acceptors (Lipinski definition) is 4. The molecular formula is C6H11N2O2. The maximum atomic E-state index is 5.15. The summed E-state index contributed by atoms with van der Waals surface area (Å²) in [6, 6.07) is 0. The van der Waals surface area contributed by atoms with E-state index in [1.165, 1.54) is 0 Å². The van der Waals surface area contributed by atoms with Crippen LogP contribution in [0.2, 0.25) is 0 Å². The molecule has 4 nitrogen and oxygen atoms in total. The van der Waals surface area contributed by atoms with E-state index < -0.39 is 0 Å². The first-order chi connectivity index (χ1) is 4.93. The smallest absolute Gasteiger partial charge is 0.193 e. The fourth-order valence-corrected chi connectivity index (χ4v) is 0.644. The summed E-state index contributed by atoms with van der Waals surface area (Å²) in [5.41, 5.74) is 0. The minimum absolute atomic E-state index is 0.568. The Labute approximate surface area is 60.4 Å². The number of hydroxylamine groups is 2. The summed E-state index contributed by atoms with van der Waals surface area (Å²) in [5, 5.41) is 1.60. The van der Waals surface area contributed by atoms with Crippen molar-refractivity contribution in [1.29, 1.82) is 0 Å². The third-order valence-electron chi connectivity index (χ3n) is 1.13. The van der Waals surface area contributed by atoms with Crippen molar-refractivity contribution in [3.8, 4) is 0 Å². The van der Waals surface area contributed by atoms with Gasteiger partial charge >= 0.3 is 0 Å². The molecule has 0 amide bonds. The average Bonchev–Trinajstić information content (AvgIpc) is 2.41. The summed E-state index contributed by atoms with van der Waals surface area (Å²) in [6.07, 6.45) is 2.70. The number of methoxy groups -OCH3 is 1. The Morgan fingerprint density at radius 1 is 1.60 bits per heavy atom. The lowest BCUT2D eigenvalue weighted by Gasteiger charge is -2.11. The number of hydrogen-bond donors (Lipinski definition) is 0. The third-order valence-corrected chi connectivity index (χ3v) is 1.13. The van der Waals surface area contributed by atoms with Crippen LogP contribution in [0.25, 0.3) is 0 Å². The molecular weight excluding hydrogens is 132 g/mol. The standard InChI is InChI=1S/C6H11N2O2/c1-9-4-5-10-8-3-2-7-6-8/h2-5H2,1H3. The molecule has 0 N–H and O–H groups in total. The van der Waals surface area contributed by atoms with Gasteiger partial charge in [-0.1, -0.05) is 0 Å². The highest BCUT2D eigenvalue weighted by Crippen LogP contribution is 1.93. The van der Waals surface area contributed by atoms with Gasteiger partial charge in [-0.25, -0.2) is 5.06 Å². The molecule has 4 heteroatoms. The molecule has 57 valence electrons. The van der Waals surface area contributed by atoms with E-state index in [1.54, 1.807) is 12.2 Å². The SMILES string of the molecule is COCCON1[C]=NCC1. The lowest BCUT2D eigenvalue weighted by molar-refractivity contribution is -0.101. The van der Waals surface area contributed by atoms with Gasteiger partial charge in [-0.05, 0) is 0 Å². The summed E-state index contributed by atoms with van der Waals surface area (Å²) >= 11 is 0. The van der Waals surface area contributed by atoms with Gasteiger partial charge in [0.05, 0.1) is 26.3 Å². The fraction of sp³-hybridized carbons (Fsp3) is 0.833. The lowest BCUT2D eigenvalue weighted by Crippen LogP contribution is -2.22. The zero-order chi connectivity index (χ0) is 7.23. The zero-order valence-corrected chi connectivity index (χ0v) is 6.04. The minimum Gasteiger partial charge on any atom is -0.382 e. The molecule has 0 saturated carbocycles. The van der Waals surface area contributed by atoms with Crippen LogP contribution in [0, 0.1) is 0 Å². The zero-order valence-electron chi connectivity index (χ0n) is 6.04. The first-order valence-corrected chi connectivity index (χ1v) is 3.25. The predicted octanol–water partition coefficient (Wildman–Crippen LogP) is -0.215. The minimum atomic E-state index is 0.568. The van der Waals surface area contributed by atoms with Crippen LogP contribution in [-0.2, 0) is 9.57 Å². The Kier molecular flexibility index (Phi) is 3.18. The summed E-state index contributed by atoms with van der Waals surface area (Å²) < 4.78 is 4.79. The first-order valence-electron chi connectivity index (χ1n) is 3.25. The Hall–Kier alpha value is -0.610. The molecule has 1 aliphatic rings. The van der Waals surface area contributed by atoms with Crippen molar-refractivity contribution in [2.24, 2.45) is 4.99 Å². The van der Waals surface area contributed by atoms with E-state index in [9.17, 15) is 0 Å². The molecule has 10 heavy (non-hydrogen) atoms. The van der Waals surface area contributed by atoms with Crippen molar-refractivity contribution in [3.63, 3.8) is 0 Å². The van der Waals surface area contributed by atoms with E-state index in [-0.39, 0.29) is 0 Å². The molecule has 0 unspecified atom stereocenters. The van der Waals surface area contributed by atoms with Crippen LogP contribution in [0.4, 0.5) is 0 Å². The predicted molar refractivity (Wildman–Crippen MR) is 36.8 cm³/mol. The van der Waals surface area contributed by atoms with Crippen molar-refractivity contribution in [2.75, 3.05) is 33.4 Å². The van der Waals surface area contributed by atoms with Gasteiger partial charge in [0.25, 0.3) is 0 Å². The van der Waals surface area contributed by atoms with Gasteiger partial charge in [0.2, 0.25) is 0 Å². The van der Waals surface area contributed by atoms with Crippen molar-refractivity contribution >= 4 is 6.34 Å². The van der Waals surface area contributed by atoms with E-state index in [0.717, 1.165) is 13.1 Å². The highest BCUT2D eigenvalue weighted by molar-refractivity contribution is 5.55. The topological polar surface area (TPSA) is 34.1 Å². The summed E-state index contributed by atoms with van der Waals surface area (Å²) in [6.45, 7) is 2.77. The van der Waals surface area contributed by atoms with Crippen molar-refractivity contribution in [3.05, 3.63) is 0 Å². The molecule has 0 aromatic rings. The van der Waals surface area contributed by atoms with Gasteiger partial charge < -0.3 is 4.74 Å². The summed E-state index contributed by atoms with van der Waals surface area (Å²) in [5.74, 6) is 0. The molecule has 0 spiro atoms. The van der Waals surface area contributed by atoms with E-state index >= 15 is 0 Å². The fourth-order valence-electron chi connectivity index (χ4n) is 0.644. The van der Waals surface area contributed by atoms with E-state index in [4.69, 9.17) is 9.57 Å². The van der Waals surface area contributed by atoms with E-state index in [1.807, 2.05) is 0 Å². The molecule has 0 atom stereocenters. The highest BCUT2D eigenvalue weighted by atomic mass is 16.7. The van der Waals surface area contributed by atoms with Crippen molar-refractivity contribution in [1.82, 2.24) is 5.06 Å². The highest BCUT2D eigenvalue weighted by Gasteiger charge is 2.05. The molecule has 1 radical (unpaired) electrons. The first kappa shape index (κ1) is 7.50. The van der Waals surface area contributed by atoms with Crippen LogP contribution in [0.15, 0.2) is 4.99 Å². The molecule has 1 aliphatic heterocycles. The second-order valence-corrected chi connectivity index (χ2v) is 1.91. The monoisotopic (exact) mass is 143 g/mol. The maximum absolute atomic E-state index is 5.15. The quantitative estimate of drug-likeness (QED) is 0.510. The molecule has 0 aromatic carbocycles. The van der Waals surface area contributed by atoms with E-state index in [2.05, 4.69) is 11.3 Å².